The summed E-state index contributed by atoms with van der Waals surface area (Å²) in [6.45, 7) is 0. The molecule has 1 fully saturated rings. The van der Waals surface area contributed by atoms with E-state index in [0.717, 1.165) is 25.7 Å². The summed E-state index contributed by atoms with van der Waals surface area (Å²) in [6.07, 6.45) is 3.84. The summed E-state index contributed by atoms with van der Waals surface area (Å²) in [5.74, 6) is -0.175. The minimum Gasteiger partial charge on any atom is -0.325 e. The molecule has 1 aromatic carbocycles. The van der Waals surface area contributed by atoms with E-state index in [9.17, 15) is 13.2 Å². The van der Waals surface area contributed by atoms with Crippen molar-refractivity contribution >= 4 is 33.2 Å². The van der Waals surface area contributed by atoms with Crippen LogP contribution < -0.4 is 10.2 Å². The number of rotatable bonds is 4. The third-order valence-corrected chi connectivity index (χ3v) is 5.36. The minimum absolute atomic E-state index is 0.0541. The van der Waals surface area contributed by atoms with Crippen molar-refractivity contribution in [1.29, 1.82) is 0 Å². The second-order valence-corrected chi connectivity index (χ2v) is 7.30. The number of fused-ring (bicyclic) bond motifs is 1. The normalized spacial score (nSPS) is 18.8. The minimum atomic E-state index is -3.86. The molecule has 1 aliphatic carbocycles. The predicted molar refractivity (Wildman–Crippen MR) is 77.4 cm³/mol. The van der Waals surface area contributed by atoms with E-state index in [0.29, 0.717) is 11.3 Å². The molecule has 8 heteroatoms. The van der Waals surface area contributed by atoms with Crippen molar-refractivity contribution < 1.29 is 18.0 Å². The van der Waals surface area contributed by atoms with Crippen LogP contribution in [0.15, 0.2) is 17.0 Å². The van der Waals surface area contributed by atoms with Crippen LogP contribution in [-0.4, -0.2) is 20.4 Å². The maximum atomic E-state index is 12.3. The van der Waals surface area contributed by atoms with E-state index >= 15 is 0 Å². The van der Waals surface area contributed by atoms with Gasteiger partial charge in [0, 0.05) is 5.69 Å². The van der Waals surface area contributed by atoms with E-state index in [2.05, 4.69) is 10.2 Å². The standard InChI is InChI=1S/C13H15ClN2O4S/c14-10-7-11-8(6-13(17)15-11)5-12(10)21(18,19)16-20-9-3-1-2-4-9/h5,7,9,16H,1-4,6H2,(H,15,17). The Balaban J connectivity index is 1.81. The Morgan fingerprint density at radius 2 is 2.00 bits per heavy atom. The maximum Gasteiger partial charge on any atom is 0.263 e. The van der Waals surface area contributed by atoms with Gasteiger partial charge in [-0.25, -0.2) is 8.42 Å². The van der Waals surface area contributed by atoms with Gasteiger partial charge in [-0.05, 0) is 30.5 Å². The number of hydrogen-bond acceptors (Lipinski definition) is 4. The summed E-state index contributed by atoms with van der Waals surface area (Å²) >= 11 is 6.01. The molecule has 0 saturated heterocycles. The van der Waals surface area contributed by atoms with Crippen molar-refractivity contribution in [1.82, 2.24) is 4.89 Å². The molecule has 1 saturated carbocycles. The lowest BCUT2D eigenvalue weighted by Gasteiger charge is -2.13. The van der Waals surface area contributed by atoms with E-state index in [1.807, 2.05) is 0 Å². The second kappa shape index (κ2) is 5.57. The lowest BCUT2D eigenvalue weighted by atomic mass is 10.2. The highest BCUT2D eigenvalue weighted by Crippen LogP contribution is 2.32. The van der Waals surface area contributed by atoms with Crippen LogP contribution in [0.25, 0.3) is 0 Å². The van der Waals surface area contributed by atoms with Crippen LogP contribution >= 0.6 is 11.6 Å². The smallest absolute Gasteiger partial charge is 0.263 e. The van der Waals surface area contributed by atoms with Crippen molar-refractivity contribution in [3.8, 4) is 0 Å². The summed E-state index contributed by atoms with van der Waals surface area (Å²) in [5, 5.41) is 2.68. The maximum absolute atomic E-state index is 12.3. The van der Waals surface area contributed by atoms with E-state index < -0.39 is 10.0 Å². The lowest BCUT2D eigenvalue weighted by Crippen LogP contribution is -2.28. The van der Waals surface area contributed by atoms with E-state index in [1.165, 1.54) is 12.1 Å². The highest BCUT2D eigenvalue weighted by atomic mass is 35.5. The van der Waals surface area contributed by atoms with Crippen LogP contribution in [0.5, 0.6) is 0 Å². The van der Waals surface area contributed by atoms with Gasteiger partial charge in [-0.2, -0.15) is 0 Å². The van der Waals surface area contributed by atoms with Gasteiger partial charge in [0.2, 0.25) is 5.91 Å². The second-order valence-electron chi connectivity index (χ2n) is 5.28. The largest absolute Gasteiger partial charge is 0.325 e. The molecular formula is C13H15ClN2O4S. The first-order chi connectivity index (χ1) is 9.95. The predicted octanol–water partition coefficient (Wildman–Crippen LogP) is 1.99. The van der Waals surface area contributed by atoms with Gasteiger partial charge in [0.25, 0.3) is 10.0 Å². The molecule has 114 valence electrons. The monoisotopic (exact) mass is 330 g/mol. The van der Waals surface area contributed by atoms with Crippen LogP contribution in [0, 0.1) is 0 Å². The zero-order chi connectivity index (χ0) is 15.0. The van der Waals surface area contributed by atoms with E-state index in [4.69, 9.17) is 16.4 Å². The summed E-state index contributed by atoms with van der Waals surface area (Å²) in [4.78, 5) is 18.6. The van der Waals surface area contributed by atoms with Crippen LogP contribution in [0.3, 0.4) is 0 Å². The molecule has 3 rings (SSSR count). The van der Waals surface area contributed by atoms with Gasteiger partial charge in [0.05, 0.1) is 17.5 Å². The first-order valence-corrected chi connectivity index (χ1v) is 8.61. The molecule has 2 N–H and O–H groups in total. The fourth-order valence-corrected chi connectivity index (χ4v) is 4.05. The number of amides is 1. The first kappa shape index (κ1) is 14.8. The number of hydrogen-bond donors (Lipinski definition) is 2. The zero-order valence-electron chi connectivity index (χ0n) is 11.2. The SMILES string of the molecule is O=C1Cc2cc(S(=O)(=O)NOC3CCCC3)c(Cl)cc2N1. The van der Waals surface area contributed by atoms with Crippen LogP contribution in [0.1, 0.15) is 31.2 Å². The van der Waals surface area contributed by atoms with E-state index in [1.54, 1.807) is 0 Å². The molecule has 0 atom stereocenters. The first-order valence-electron chi connectivity index (χ1n) is 6.75. The van der Waals surface area contributed by atoms with Crippen molar-refractivity contribution in [3.63, 3.8) is 0 Å². The molecule has 21 heavy (non-hydrogen) atoms. The molecule has 0 unspecified atom stereocenters. The van der Waals surface area contributed by atoms with Crippen molar-refractivity contribution in [2.45, 2.75) is 43.1 Å². The molecule has 0 aromatic heterocycles. The van der Waals surface area contributed by atoms with Gasteiger partial charge in [-0.15, -0.1) is 0 Å². The topological polar surface area (TPSA) is 84.5 Å². The van der Waals surface area contributed by atoms with Gasteiger partial charge in [0.15, 0.2) is 0 Å². The fraction of sp³-hybridized carbons (Fsp3) is 0.462. The molecule has 2 aliphatic rings. The van der Waals surface area contributed by atoms with Gasteiger partial charge < -0.3 is 5.32 Å². The Kier molecular flexibility index (Phi) is 3.92. The number of benzene rings is 1. The summed E-state index contributed by atoms with van der Waals surface area (Å²) < 4.78 is 24.5. The van der Waals surface area contributed by atoms with Gasteiger partial charge in [-0.1, -0.05) is 29.3 Å². The molecular weight excluding hydrogens is 316 g/mol. The third-order valence-electron chi connectivity index (χ3n) is 3.70. The van der Waals surface area contributed by atoms with Crippen molar-refractivity contribution in [2.24, 2.45) is 0 Å². The molecule has 0 spiro atoms. The number of carbonyl (C=O) groups excluding carboxylic acids is 1. The van der Waals surface area contributed by atoms with E-state index in [-0.39, 0.29) is 28.4 Å². The van der Waals surface area contributed by atoms with Crippen LogP contribution in [0.2, 0.25) is 5.02 Å². The Bertz CT molecular complexity index is 684. The molecule has 6 nitrogen and oxygen atoms in total. The summed E-state index contributed by atoms with van der Waals surface area (Å²) in [6, 6.07) is 2.86. The average Bonchev–Trinajstić information content (AvgIpc) is 3.03. The summed E-state index contributed by atoms with van der Waals surface area (Å²) in [5.41, 5.74) is 1.17. The van der Waals surface area contributed by atoms with Crippen LogP contribution in [0.4, 0.5) is 5.69 Å². The van der Waals surface area contributed by atoms with Gasteiger partial charge in [-0.3, -0.25) is 9.63 Å². The Hall–Kier alpha value is -1.15. The number of halogens is 1. The van der Waals surface area contributed by atoms with Gasteiger partial charge in [0.1, 0.15) is 4.90 Å². The van der Waals surface area contributed by atoms with Crippen molar-refractivity contribution in [2.75, 3.05) is 5.32 Å². The summed E-state index contributed by atoms with van der Waals surface area (Å²) in [7, 11) is -3.86. The molecule has 1 aromatic rings. The molecule has 0 radical (unpaired) electrons. The average molecular weight is 331 g/mol. The Morgan fingerprint density at radius 1 is 1.29 bits per heavy atom. The Labute approximate surface area is 127 Å². The third kappa shape index (κ3) is 3.06. The molecule has 1 heterocycles. The fourth-order valence-electron chi connectivity index (χ4n) is 2.61. The van der Waals surface area contributed by atoms with Gasteiger partial charge >= 0.3 is 0 Å². The molecule has 1 aliphatic heterocycles. The zero-order valence-corrected chi connectivity index (χ0v) is 12.8. The molecule has 1 amide bonds. The van der Waals surface area contributed by atoms with Crippen LogP contribution in [-0.2, 0) is 26.1 Å². The lowest BCUT2D eigenvalue weighted by molar-refractivity contribution is -0.115. The highest BCUT2D eigenvalue weighted by molar-refractivity contribution is 7.89. The number of sulfonamides is 1. The highest BCUT2D eigenvalue weighted by Gasteiger charge is 2.26. The number of anilines is 1. The number of nitrogens with one attached hydrogen (secondary N) is 2. The van der Waals surface area contributed by atoms with Crippen molar-refractivity contribution in [3.05, 3.63) is 22.7 Å². The quantitative estimate of drug-likeness (QED) is 0.827. The molecule has 0 bridgehead atoms. The Morgan fingerprint density at radius 3 is 2.71 bits per heavy atom. The number of carbonyl (C=O) groups is 1.